The molecule has 0 amide bonds. The molecule has 0 radical (unpaired) electrons. The van der Waals surface area contributed by atoms with Gasteiger partial charge in [0, 0.05) is 0 Å². The first-order chi connectivity index (χ1) is 5.91. The van der Waals surface area contributed by atoms with Gasteiger partial charge in [-0.3, -0.25) is 0 Å². The molecule has 0 aromatic heterocycles. The zero-order valence-corrected chi connectivity index (χ0v) is 8.29. The maximum absolute atomic E-state index is 2.25. The maximum Gasteiger partial charge on any atom is -0.0169 e. The molecule has 0 aliphatic heterocycles. The van der Waals surface area contributed by atoms with Crippen LogP contribution in [0.3, 0.4) is 0 Å². The molecule has 0 saturated carbocycles. The molecule has 0 nitrogen and oxygen atoms in total. The van der Waals surface area contributed by atoms with E-state index in [1.807, 2.05) is 0 Å². The third kappa shape index (κ3) is 9.22. The summed E-state index contributed by atoms with van der Waals surface area (Å²) in [5.74, 6) is 0. The molecule has 0 spiro atoms. The predicted molar refractivity (Wildman–Crippen MR) is 57.2 cm³/mol. The van der Waals surface area contributed by atoms with E-state index in [4.69, 9.17) is 0 Å². The standard InChI is InChI=1S/C12H20/c1-3-5-7-9-11-12-10-8-6-4-2/h3,5-6,8,11-12H,4,7,9-10H2,1-2H3/b5-3+,8-6+,12-11+. The fourth-order valence-corrected chi connectivity index (χ4v) is 0.915. The van der Waals surface area contributed by atoms with Crippen LogP contribution in [0.5, 0.6) is 0 Å². The fraction of sp³-hybridized carbons (Fsp3) is 0.500. The Morgan fingerprint density at radius 1 is 0.833 bits per heavy atom. The fourth-order valence-electron chi connectivity index (χ4n) is 0.915. The monoisotopic (exact) mass is 164 g/mol. The van der Waals surface area contributed by atoms with Gasteiger partial charge in [0.15, 0.2) is 0 Å². The highest BCUT2D eigenvalue weighted by Crippen LogP contribution is 1.95. The summed E-state index contributed by atoms with van der Waals surface area (Å²) in [6.07, 6.45) is 17.8. The van der Waals surface area contributed by atoms with Crippen molar-refractivity contribution in [2.45, 2.75) is 39.5 Å². The van der Waals surface area contributed by atoms with Gasteiger partial charge >= 0.3 is 0 Å². The van der Waals surface area contributed by atoms with E-state index in [0.717, 1.165) is 12.8 Å². The highest BCUT2D eigenvalue weighted by atomic mass is 13.8. The van der Waals surface area contributed by atoms with E-state index in [0.29, 0.717) is 0 Å². The van der Waals surface area contributed by atoms with Gasteiger partial charge in [0.25, 0.3) is 0 Å². The van der Waals surface area contributed by atoms with E-state index in [1.54, 1.807) is 0 Å². The second-order valence-corrected chi connectivity index (χ2v) is 2.73. The van der Waals surface area contributed by atoms with E-state index >= 15 is 0 Å². The number of unbranched alkanes of at least 4 members (excludes halogenated alkanes) is 1. The zero-order chi connectivity index (χ0) is 9.07. The van der Waals surface area contributed by atoms with Crippen LogP contribution >= 0.6 is 0 Å². The van der Waals surface area contributed by atoms with Crippen LogP contribution in [-0.2, 0) is 0 Å². The SMILES string of the molecule is C/C=C/CC/C=C/C/C=C/CC. The maximum atomic E-state index is 2.25. The Morgan fingerprint density at radius 3 is 2.17 bits per heavy atom. The number of hydrogen-bond acceptors (Lipinski definition) is 0. The molecule has 0 N–H and O–H groups in total. The first-order valence-corrected chi connectivity index (χ1v) is 4.83. The highest BCUT2D eigenvalue weighted by Gasteiger charge is 1.74. The van der Waals surface area contributed by atoms with E-state index in [2.05, 4.69) is 50.3 Å². The van der Waals surface area contributed by atoms with E-state index < -0.39 is 0 Å². The van der Waals surface area contributed by atoms with Crippen molar-refractivity contribution in [3.8, 4) is 0 Å². The first-order valence-electron chi connectivity index (χ1n) is 4.83. The Balaban J connectivity index is 3.19. The topological polar surface area (TPSA) is 0 Å². The molecule has 0 atom stereocenters. The smallest absolute Gasteiger partial charge is 0.0169 e. The van der Waals surface area contributed by atoms with Crippen LogP contribution in [0.4, 0.5) is 0 Å². The molecule has 0 unspecified atom stereocenters. The Labute approximate surface area is 76.7 Å². The lowest BCUT2D eigenvalue weighted by atomic mass is 10.2. The van der Waals surface area contributed by atoms with Crippen LogP contribution < -0.4 is 0 Å². The van der Waals surface area contributed by atoms with Crippen molar-refractivity contribution in [1.29, 1.82) is 0 Å². The molecule has 0 aromatic carbocycles. The Bertz CT molecular complexity index is 149. The van der Waals surface area contributed by atoms with Gasteiger partial charge < -0.3 is 0 Å². The average molecular weight is 164 g/mol. The quantitative estimate of drug-likeness (QED) is 0.406. The lowest BCUT2D eigenvalue weighted by Gasteiger charge is -1.85. The Kier molecular flexibility index (Phi) is 9.56. The van der Waals surface area contributed by atoms with E-state index in [9.17, 15) is 0 Å². The lowest BCUT2D eigenvalue weighted by Crippen LogP contribution is -1.64. The number of rotatable bonds is 6. The molecule has 0 aromatic rings. The first kappa shape index (κ1) is 11.2. The summed E-state index contributed by atoms with van der Waals surface area (Å²) in [6, 6.07) is 0. The molecule has 0 heteroatoms. The van der Waals surface area contributed by atoms with Gasteiger partial charge in [0.05, 0.1) is 0 Å². The van der Waals surface area contributed by atoms with Crippen molar-refractivity contribution in [1.82, 2.24) is 0 Å². The van der Waals surface area contributed by atoms with Crippen molar-refractivity contribution in [3.63, 3.8) is 0 Å². The van der Waals surface area contributed by atoms with Crippen LogP contribution in [0.25, 0.3) is 0 Å². The molecule has 0 rings (SSSR count). The zero-order valence-electron chi connectivity index (χ0n) is 8.29. The van der Waals surface area contributed by atoms with Gasteiger partial charge in [0.1, 0.15) is 0 Å². The summed E-state index contributed by atoms with van der Waals surface area (Å²) >= 11 is 0. The predicted octanol–water partition coefficient (Wildman–Crippen LogP) is 4.26. The number of allylic oxidation sites excluding steroid dienone is 6. The molecule has 0 fully saturated rings. The number of hydrogen-bond donors (Lipinski definition) is 0. The van der Waals surface area contributed by atoms with Gasteiger partial charge in [0.2, 0.25) is 0 Å². The van der Waals surface area contributed by atoms with E-state index in [1.165, 1.54) is 12.8 Å². The van der Waals surface area contributed by atoms with Gasteiger partial charge in [-0.1, -0.05) is 43.4 Å². The molecular formula is C12H20. The Hall–Kier alpha value is -0.780. The third-order valence-electron chi connectivity index (χ3n) is 1.58. The average Bonchev–Trinajstić information content (AvgIpc) is 2.10. The minimum atomic E-state index is 1.09. The van der Waals surface area contributed by atoms with Crippen molar-refractivity contribution in [2.24, 2.45) is 0 Å². The second-order valence-electron chi connectivity index (χ2n) is 2.73. The molecular weight excluding hydrogens is 144 g/mol. The Morgan fingerprint density at radius 2 is 1.50 bits per heavy atom. The second kappa shape index (κ2) is 10.2. The normalized spacial score (nSPS) is 12.5. The van der Waals surface area contributed by atoms with Gasteiger partial charge in [-0.05, 0) is 32.6 Å². The van der Waals surface area contributed by atoms with Crippen molar-refractivity contribution >= 4 is 0 Å². The molecule has 0 bridgehead atoms. The van der Waals surface area contributed by atoms with Crippen LogP contribution in [0, 0.1) is 0 Å². The molecule has 0 aliphatic carbocycles. The van der Waals surface area contributed by atoms with Crippen LogP contribution in [-0.4, -0.2) is 0 Å². The molecule has 12 heavy (non-hydrogen) atoms. The van der Waals surface area contributed by atoms with Crippen molar-refractivity contribution in [2.75, 3.05) is 0 Å². The summed E-state index contributed by atoms with van der Waals surface area (Å²) in [7, 11) is 0. The third-order valence-corrected chi connectivity index (χ3v) is 1.58. The molecule has 0 heterocycles. The summed E-state index contributed by atoms with van der Waals surface area (Å²) in [4.78, 5) is 0. The van der Waals surface area contributed by atoms with Crippen LogP contribution in [0.1, 0.15) is 39.5 Å². The largest absolute Gasteiger partial charge is 0.0917 e. The van der Waals surface area contributed by atoms with E-state index in [-0.39, 0.29) is 0 Å². The van der Waals surface area contributed by atoms with Gasteiger partial charge in [-0.2, -0.15) is 0 Å². The van der Waals surface area contributed by atoms with Crippen LogP contribution in [0.15, 0.2) is 36.5 Å². The minimum Gasteiger partial charge on any atom is -0.0917 e. The molecule has 0 saturated heterocycles. The van der Waals surface area contributed by atoms with Crippen LogP contribution in [0.2, 0.25) is 0 Å². The van der Waals surface area contributed by atoms with Gasteiger partial charge in [-0.25, -0.2) is 0 Å². The summed E-state index contributed by atoms with van der Waals surface area (Å²) in [6.45, 7) is 4.22. The van der Waals surface area contributed by atoms with Gasteiger partial charge in [-0.15, -0.1) is 0 Å². The summed E-state index contributed by atoms with van der Waals surface area (Å²) < 4.78 is 0. The summed E-state index contributed by atoms with van der Waals surface area (Å²) in [5.41, 5.74) is 0. The molecule has 68 valence electrons. The molecule has 0 aliphatic rings. The van der Waals surface area contributed by atoms with Crippen molar-refractivity contribution < 1.29 is 0 Å². The highest BCUT2D eigenvalue weighted by molar-refractivity contribution is 4.93. The summed E-state index contributed by atoms with van der Waals surface area (Å²) in [5, 5.41) is 0. The minimum absolute atomic E-state index is 1.09. The lowest BCUT2D eigenvalue weighted by molar-refractivity contribution is 1.04. The van der Waals surface area contributed by atoms with Crippen molar-refractivity contribution in [3.05, 3.63) is 36.5 Å².